The minimum atomic E-state index is 0.429. The topological polar surface area (TPSA) is 70.8 Å². The van der Waals surface area contributed by atoms with Crippen LogP contribution in [0, 0.1) is 0 Å². The van der Waals surface area contributed by atoms with Crippen molar-refractivity contribution < 1.29 is 0 Å². The van der Waals surface area contributed by atoms with E-state index in [0.29, 0.717) is 6.54 Å². The Hall–Kier alpha value is -0.940. The largest absolute Gasteiger partial charge is 0.324 e. The third-order valence-electron chi connectivity index (χ3n) is 2.32. The molecule has 0 aliphatic carbocycles. The molecule has 0 amide bonds. The smallest absolute Gasteiger partial charge is 0.152 e. The van der Waals surface area contributed by atoms with Gasteiger partial charge in [-0.1, -0.05) is 13.8 Å². The summed E-state index contributed by atoms with van der Waals surface area (Å²) in [6, 6.07) is 0. The third kappa shape index (κ3) is 3.08. The average Bonchev–Trinajstić information content (AvgIpc) is 2.67. The molecule has 0 aromatic carbocycles. The van der Waals surface area contributed by atoms with Crippen LogP contribution < -0.4 is 5.73 Å². The lowest BCUT2D eigenvalue weighted by molar-refractivity contribution is 0.306. The molecule has 0 radical (unpaired) electrons. The molecule has 1 rings (SSSR count). The highest BCUT2D eigenvalue weighted by Crippen LogP contribution is 1.95. The summed E-state index contributed by atoms with van der Waals surface area (Å²) in [6.07, 6.45) is 0.887. The van der Waals surface area contributed by atoms with Crippen molar-refractivity contribution in [3.05, 3.63) is 11.6 Å². The Bertz CT molecular complexity index is 253. The predicted molar refractivity (Wildman–Crippen MR) is 55.8 cm³/mol. The molecule has 80 valence electrons. The Morgan fingerprint density at radius 2 is 2.07 bits per heavy atom. The van der Waals surface area contributed by atoms with Crippen LogP contribution in [0.1, 0.15) is 25.5 Å². The molecule has 0 fully saturated rings. The summed E-state index contributed by atoms with van der Waals surface area (Å²) < 4.78 is 0. The zero-order valence-electron chi connectivity index (χ0n) is 8.95. The lowest BCUT2D eigenvalue weighted by atomic mass is 10.3. The number of nitrogens with two attached hydrogens (primary N) is 1. The van der Waals surface area contributed by atoms with Gasteiger partial charge in [-0.3, -0.25) is 5.10 Å². The molecule has 0 saturated carbocycles. The quantitative estimate of drug-likeness (QED) is 0.681. The Labute approximate surface area is 84.7 Å². The number of aromatic amines is 1. The van der Waals surface area contributed by atoms with E-state index in [1.54, 1.807) is 0 Å². The van der Waals surface area contributed by atoms with Gasteiger partial charge in [-0.15, -0.1) is 0 Å². The van der Waals surface area contributed by atoms with Gasteiger partial charge in [0.1, 0.15) is 5.82 Å². The van der Waals surface area contributed by atoms with Crippen molar-refractivity contribution in [2.75, 3.05) is 19.6 Å². The Balaban J connectivity index is 2.37. The number of nitrogens with one attached hydrogen (secondary N) is 1. The SMILES string of the molecule is CCN(CC)CCc1n[nH]c(CN)n1. The fourth-order valence-corrected chi connectivity index (χ4v) is 1.34. The van der Waals surface area contributed by atoms with Gasteiger partial charge in [0, 0.05) is 13.0 Å². The molecular formula is C9H19N5. The third-order valence-corrected chi connectivity index (χ3v) is 2.32. The van der Waals surface area contributed by atoms with Gasteiger partial charge in [0.25, 0.3) is 0 Å². The highest BCUT2D eigenvalue weighted by atomic mass is 15.2. The molecule has 0 bridgehead atoms. The van der Waals surface area contributed by atoms with Gasteiger partial charge in [0.15, 0.2) is 5.82 Å². The van der Waals surface area contributed by atoms with E-state index in [4.69, 9.17) is 5.73 Å². The number of nitrogens with zero attached hydrogens (tertiary/aromatic N) is 3. The molecule has 1 heterocycles. The fraction of sp³-hybridized carbons (Fsp3) is 0.778. The number of H-pyrrole nitrogens is 1. The van der Waals surface area contributed by atoms with E-state index in [2.05, 4.69) is 33.9 Å². The average molecular weight is 197 g/mol. The number of hydrogen-bond donors (Lipinski definition) is 2. The first-order valence-corrected chi connectivity index (χ1v) is 5.12. The molecule has 0 unspecified atom stereocenters. The van der Waals surface area contributed by atoms with Crippen LogP contribution in [0.25, 0.3) is 0 Å². The molecule has 0 saturated heterocycles. The first kappa shape index (κ1) is 11.1. The van der Waals surface area contributed by atoms with E-state index in [1.807, 2.05) is 0 Å². The van der Waals surface area contributed by atoms with Crippen LogP contribution in [-0.4, -0.2) is 39.7 Å². The number of aromatic nitrogens is 3. The second-order valence-corrected chi connectivity index (χ2v) is 3.18. The minimum absolute atomic E-state index is 0.429. The first-order valence-electron chi connectivity index (χ1n) is 5.12. The van der Waals surface area contributed by atoms with Gasteiger partial charge in [0.05, 0.1) is 6.54 Å². The van der Waals surface area contributed by atoms with Crippen LogP contribution >= 0.6 is 0 Å². The molecule has 0 aliphatic rings. The second kappa shape index (κ2) is 5.72. The number of hydrogen-bond acceptors (Lipinski definition) is 4. The minimum Gasteiger partial charge on any atom is -0.324 e. The number of rotatable bonds is 6. The molecule has 14 heavy (non-hydrogen) atoms. The molecule has 5 heteroatoms. The van der Waals surface area contributed by atoms with Gasteiger partial charge in [-0.05, 0) is 13.1 Å². The molecule has 1 aromatic rings. The van der Waals surface area contributed by atoms with E-state index in [9.17, 15) is 0 Å². The second-order valence-electron chi connectivity index (χ2n) is 3.18. The van der Waals surface area contributed by atoms with Crippen LogP contribution in [-0.2, 0) is 13.0 Å². The van der Waals surface area contributed by atoms with Gasteiger partial charge in [0.2, 0.25) is 0 Å². The highest BCUT2D eigenvalue weighted by molar-refractivity contribution is 4.90. The van der Waals surface area contributed by atoms with Gasteiger partial charge in [-0.25, -0.2) is 4.98 Å². The molecular weight excluding hydrogens is 178 g/mol. The van der Waals surface area contributed by atoms with Crippen molar-refractivity contribution in [2.24, 2.45) is 5.73 Å². The van der Waals surface area contributed by atoms with Crippen LogP contribution in [0.3, 0.4) is 0 Å². The maximum absolute atomic E-state index is 5.43. The zero-order valence-corrected chi connectivity index (χ0v) is 8.95. The summed E-state index contributed by atoms with van der Waals surface area (Å²) in [5.74, 6) is 1.62. The molecule has 3 N–H and O–H groups in total. The van der Waals surface area contributed by atoms with Gasteiger partial charge in [-0.2, -0.15) is 5.10 Å². The van der Waals surface area contributed by atoms with Gasteiger partial charge < -0.3 is 10.6 Å². The monoisotopic (exact) mass is 197 g/mol. The van der Waals surface area contributed by atoms with Crippen molar-refractivity contribution >= 4 is 0 Å². The normalized spacial score (nSPS) is 11.1. The summed E-state index contributed by atoms with van der Waals surface area (Å²) in [4.78, 5) is 6.60. The maximum Gasteiger partial charge on any atom is 0.152 e. The molecule has 0 aliphatic heterocycles. The van der Waals surface area contributed by atoms with Crippen LogP contribution in [0.15, 0.2) is 0 Å². The molecule has 0 spiro atoms. The lowest BCUT2D eigenvalue weighted by Gasteiger charge is -2.16. The van der Waals surface area contributed by atoms with Crippen LogP contribution in [0.2, 0.25) is 0 Å². The van der Waals surface area contributed by atoms with E-state index in [0.717, 1.165) is 37.7 Å². The summed E-state index contributed by atoms with van der Waals surface area (Å²) in [7, 11) is 0. The lowest BCUT2D eigenvalue weighted by Crippen LogP contribution is -2.25. The summed E-state index contributed by atoms with van der Waals surface area (Å²) in [5, 5.41) is 6.90. The fourth-order valence-electron chi connectivity index (χ4n) is 1.34. The zero-order chi connectivity index (χ0) is 10.4. The standard InChI is InChI=1S/C9H19N5/c1-3-14(4-2)6-5-8-11-9(7-10)13-12-8/h3-7,10H2,1-2H3,(H,11,12,13). The van der Waals surface area contributed by atoms with Gasteiger partial charge >= 0.3 is 0 Å². The maximum atomic E-state index is 5.43. The van der Waals surface area contributed by atoms with E-state index in [1.165, 1.54) is 0 Å². The van der Waals surface area contributed by atoms with Crippen LogP contribution in [0.5, 0.6) is 0 Å². The van der Waals surface area contributed by atoms with Crippen molar-refractivity contribution in [3.8, 4) is 0 Å². The number of likely N-dealkylation sites (N-methyl/N-ethyl adjacent to an activating group) is 1. The summed E-state index contributed by atoms with van der Waals surface area (Å²) in [5.41, 5.74) is 5.43. The van der Waals surface area contributed by atoms with E-state index in [-0.39, 0.29) is 0 Å². The van der Waals surface area contributed by atoms with Crippen molar-refractivity contribution in [3.63, 3.8) is 0 Å². The predicted octanol–water partition coefficient (Wildman–Crippen LogP) is 0.148. The van der Waals surface area contributed by atoms with E-state index >= 15 is 0 Å². The Morgan fingerprint density at radius 3 is 2.57 bits per heavy atom. The molecule has 5 nitrogen and oxygen atoms in total. The first-order chi connectivity index (χ1) is 6.80. The summed E-state index contributed by atoms with van der Waals surface area (Å²) >= 11 is 0. The Kier molecular flexibility index (Phi) is 4.55. The summed E-state index contributed by atoms with van der Waals surface area (Å²) in [6.45, 7) is 7.90. The van der Waals surface area contributed by atoms with Crippen molar-refractivity contribution in [1.29, 1.82) is 0 Å². The van der Waals surface area contributed by atoms with Crippen molar-refractivity contribution in [1.82, 2.24) is 20.1 Å². The Morgan fingerprint density at radius 1 is 1.36 bits per heavy atom. The van der Waals surface area contributed by atoms with E-state index < -0.39 is 0 Å². The molecule has 1 aromatic heterocycles. The molecule has 0 atom stereocenters. The highest BCUT2D eigenvalue weighted by Gasteiger charge is 2.04. The van der Waals surface area contributed by atoms with Crippen molar-refractivity contribution in [2.45, 2.75) is 26.8 Å². The van der Waals surface area contributed by atoms with Crippen LogP contribution in [0.4, 0.5) is 0 Å².